The molecule has 1 rings (SSSR count). The van der Waals surface area contributed by atoms with E-state index in [2.05, 4.69) is 4.74 Å². The predicted octanol–water partition coefficient (Wildman–Crippen LogP) is 1.99. The van der Waals surface area contributed by atoms with Crippen molar-refractivity contribution >= 4 is 5.97 Å². The van der Waals surface area contributed by atoms with Crippen LogP contribution in [0.4, 0.5) is 26.3 Å². The van der Waals surface area contributed by atoms with Crippen LogP contribution < -0.4 is 10.3 Å². The summed E-state index contributed by atoms with van der Waals surface area (Å²) in [5.74, 6) is -4.01. The lowest BCUT2D eigenvalue weighted by Crippen LogP contribution is -2.27. The van der Waals surface area contributed by atoms with E-state index in [-0.39, 0.29) is 6.07 Å². The maximum Gasteiger partial charge on any atom is 0.573 e. The molecule has 1 aromatic heterocycles. The van der Waals surface area contributed by atoms with Crippen molar-refractivity contribution in [1.29, 1.82) is 0 Å². The Bertz CT molecular complexity index is 558. The number of hydrogen-bond donors (Lipinski definition) is 2. The molecular formula is C8H3F6NO4. The van der Waals surface area contributed by atoms with E-state index in [0.717, 1.165) is 0 Å². The van der Waals surface area contributed by atoms with Crippen LogP contribution in [-0.2, 0) is 6.18 Å². The van der Waals surface area contributed by atoms with Crippen LogP contribution in [0.25, 0.3) is 0 Å². The van der Waals surface area contributed by atoms with Crippen molar-refractivity contribution in [2.75, 3.05) is 0 Å². The Labute approximate surface area is 99.0 Å². The molecule has 106 valence electrons. The summed E-state index contributed by atoms with van der Waals surface area (Å²) in [6.45, 7) is 0. The smallest absolute Gasteiger partial charge is 0.477 e. The van der Waals surface area contributed by atoms with Crippen molar-refractivity contribution in [3.05, 3.63) is 27.7 Å². The molecule has 0 amide bonds. The van der Waals surface area contributed by atoms with Gasteiger partial charge in [-0.2, -0.15) is 13.2 Å². The zero-order valence-electron chi connectivity index (χ0n) is 8.52. The third-order valence-corrected chi connectivity index (χ3v) is 1.74. The molecule has 0 atom stereocenters. The minimum atomic E-state index is -5.53. The number of carboxylic acid groups (broad SMARTS) is 1. The molecule has 0 bridgehead atoms. The van der Waals surface area contributed by atoms with Crippen LogP contribution in [0.15, 0.2) is 10.9 Å². The zero-order valence-corrected chi connectivity index (χ0v) is 8.52. The molecule has 0 aromatic carbocycles. The van der Waals surface area contributed by atoms with Gasteiger partial charge < -0.3 is 14.8 Å². The Balaban J connectivity index is 3.54. The molecule has 0 saturated heterocycles. The Hall–Kier alpha value is -2.20. The van der Waals surface area contributed by atoms with E-state index in [1.54, 1.807) is 0 Å². The average Bonchev–Trinajstić information content (AvgIpc) is 2.16. The van der Waals surface area contributed by atoms with Crippen LogP contribution >= 0.6 is 0 Å². The molecular weight excluding hydrogens is 288 g/mol. The van der Waals surface area contributed by atoms with Crippen LogP contribution in [0.1, 0.15) is 16.1 Å². The third kappa shape index (κ3) is 3.63. The topological polar surface area (TPSA) is 79.4 Å². The van der Waals surface area contributed by atoms with Crippen LogP contribution in [0.5, 0.6) is 5.75 Å². The quantitative estimate of drug-likeness (QED) is 0.817. The van der Waals surface area contributed by atoms with E-state index in [9.17, 15) is 35.9 Å². The maximum atomic E-state index is 12.5. The van der Waals surface area contributed by atoms with Gasteiger partial charge in [0, 0.05) is 0 Å². The number of pyridine rings is 1. The molecule has 0 saturated carbocycles. The van der Waals surface area contributed by atoms with Crippen molar-refractivity contribution in [3.63, 3.8) is 0 Å². The Kier molecular flexibility index (Phi) is 3.50. The normalized spacial score (nSPS) is 12.3. The summed E-state index contributed by atoms with van der Waals surface area (Å²) in [5, 5.41) is 8.42. The molecule has 0 aliphatic rings. The fourth-order valence-electron chi connectivity index (χ4n) is 1.09. The predicted molar refractivity (Wildman–Crippen MR) is 45.7 cm³/mol. The van der Waals surface area contributed by atoms with E-state index in [1.165, 1.54) is 4.98 Å². The third-order valence-electron chi connectivity index (χ3n) is 1.74. The molecule has 0 unspecified atom stereocenters. The number of carbonyl (C=O) groups is 1. The van der Waals surface area contributed by atoms with Gasteiger partial charge in [0.1, 0.15) is 11.3 Å². The monoisotopic (exact) mass is 291 g/mol. The zero-order chi connectivity index (χ0) is 15.0. The molecule has 0 fully saturated rings. The minimum absolute atomic E-state index is 0.162. The van der Waals surface area contributed by atoms with Gasteiger partial charge in [0.25, 0.3) is 5.56 Å². The van der Waals surface area contributed by atoms with Gasteiger partial charge in [-0.05, 0) is 6.07 Å². The molecule has 0 radical (unpaired) electrons. The summed E-state index contributed by atoms with van der Waals surface area (Å²) < 4.78 is 76.0. The van der Waals surface area contributed by atoms with Crippen LogP contribution in [0.3, 0.4) is 0 Å². The largest absolute Gasteiger partial charge is 0.573 e. The molecule has 1 heterocycles. The Morgan fingerprint density at radius 2 is 1.74 bits per heavy atom. The number of carboxylic acids is 1. The van der Waals surface area contributed by atoms with Gasteiger partial charge in [0.05, 0.1) is 0 Å². The first-order valence-corrected chi connectivity index (χ1v) is 4.25. The van der Waals surface area contributed by atoms with Crippen molar-refractivity contribution in [2.24, 2.45) is 0 Å². The summed E-state index contributed by atoms with van der Waals surface area (Å²) >= 11 is 0. The molecule has 0 aliphatic carbocycles. The van der Waals surface area contributed by atoms with Crippen LogP contribution in [0.2, 0.25) is 0 Å². The fraction of sp³-hybridized carbons (Fsp3) is 0.250. The highest BCUT2D eigenvalue weighted by molar-refractivity contribution is 5.85. The second-order valence-corrected chi connectivity index (χ2v) is 3.11. The minimum Gasteiger partial charge on any atom is -0.477 e. The van der Waals surface area contributed by atoms with Crippen LogP contribution in [-0.4, -0.2) is 22.4 Å². The highest BCUT2D eigenvalue weighted by Crippen LogP contribution is 2.36. The lowest BCUT2D eigenvalue weighted by atomic mass is 10.2. The van der Waals surface area contributed by atoms with Crippen molar-refractivity contribution in [2.45, 2.75) is 12.5 Å². The summed E-state index contributed by atoms with van der Waals surface area (Å²) in [4.78, 5) is 22.8. The number of nitrogens with one attached hydrogen (secondary N) is 1. The number of hydrogen-bond acceptors (Lipinski definition) is 3. The van der Waals surface area contributed by atoms with Gasteiger partial charge in [0.15, 0.2) is 0 Å². The SMILES string of the molecule is O=C(O)c1cc(C(F)(F)F)c(OC(F)(F)F)c(=O)[nH]1. The molecule has 11 heteroatoms. The van der Waals surface area contributed by atoms with Crippen LogP contribution in [0, 0.1) is 0 Å². The molecule has 0 spiro atoms. The maximum absolute atomic E-state index is 12.5. The van der Waals surface area contributed by atoms with Crippen molar-refractivity contribution in [1.82, 2.24) is 4.98 Å². The van der Waals surface area contributed by atoms with Gasteiger partial charge in [0.2, 0.25) is 5.75 Å². The highest BCUT2D eigenvalue weighted by atomic mass is 19.4. The number of H-pyrrole nitrogens is 1. The van der Waals surface area contributed by atoms with Gasteiger partial charge in [-0.25, -0.2) is 4.79 Å². The van der Waals surface area contributed by atoms with Gasteiger partial charge in [-0.3, -0.25) is 4.79 Å². The summed E-state index contributed by atoms with van der Waals surface area (Å²) in [5.41, 5.74) is -5.30. The van der Waals surface area contributed by atoms with Crippen molar-refractivity contribution < 1.29 is 41.0 Å². The molecule has 1 aromatic rings. The summed E-state index contributed by atoms with van der Waals surface area (Å²) in [6, 6.07) is -0.162. The number of rotatable bonds is 2. The van der Waals surface area contributed by atoms with Crippen molar-refractivity contribution in [3.8, 4) is 5.75 Å². The molecule has 0 aliphatic heterocycles. The number of halogens is 6. The first kappa shape index (κ1) is 14.9. The number of aromatic nitrogens is 1. The highest BCUT2D eigenvalue weighted by Gasteiger charge is 2.41. The van der Waals surface area contributed by atoms with E-state index in [1.807, 2.05) is 0 Å². The first-order valence-electron chi connectivity index (χ1n) is 4.25. The lowest BCUT2D eigenvalue weighted by molar-refractivity contribution is -0.276. The van der Waals surface area contributed by atoms with Gasteiger partial charge in [-0.1, -0.05) is 0 Å². The second kappa shape index (κ2) is 4.48. The first-order chi connectivity index (χ1) is 8.42. The number of alkyl halides is 6. The van der Waals surface area contributed by atoms with Gasteiger partial charge in [-0.15, -0.1) is 13.2 Å². The Morgan fingerprint density at radius 1 is 1.21 bits per heavy atom. The average molecular weight is 291 g/mol. The lowest BCUT2D eigenvalue weighted by Gasteiger charge is -2.14. The molecule has 5 nitrogen and oxygen atoms in total. The van der Waals surface area contributed by atoms with E-state index < -0.39 is 41.1 Å². The van der Waals surface area contributed by atoms with Gasteiger partial charge >= 0.3 is 18.5 Å². The summed E-state index contributed by atoms with van der Waals surface area (Å²) in [7, 11) is 0. The van der Waals surface area contributed by atoms with E-state index >= 15 is 0 Å². The molecule has 19 heavy (non-hydrogen) atoms. The second-order valence-electron chi connectivity index (χ2n) is 3.11. The molecule has 2 N–H and O–H groups in total. The van der Waals surface area contributed by atoms with E-state index in [4.69, 9.17) is 5.11 Å². The summed E-state index contributed by atoms with van der Waals surface area (Å²) in [6.07, 6.45) is -10.9. The number of ether oxygens (including phenoxy) is 1. The Morgan fingerprint density at radius 3 is 2.11 bits per heavy atom. The van der Waals surface area contributed by atoms with E-state index in [0.29, 0.717) is 0 Å². The standard InChI is InChI=1S/C8H3F6NO4/c9-7(10,11)2-1-3(6(17)18)15-5(16)4(2)19-8(12,13)14/h1H,(H,15,16)(H,17,18). The fourth-order valence-corrected chi connectivity index (χ4v) is 1.09. The number of aromatic carboxylic acids is 1. The number of aromatic amines is 1.